The number of amides is 1. The number of nitrogens with zero attached hydrogens (tertiary/aromatic N) is 1. The van der Waals surface area contributed by atoms with Gasteiger partial charge in [0.25, 0.3) is 5.91 Å². The number of sulfonamides is 1. The van der Waals surface area contributed by atoms with Crippen LogP contribution >= 0.6 is 0 Å². The minimum absolute atomic E-state index is 0.00820. The second-order valence-corrected chi connectivity index (χ2v) is 7.72. The molecule has 1 aromatic rings. The summed E-state index contributed by atoms with van der Waals surface area (Å²) in [7, 11) is -3.81. The van der Waals surface area contributed by atoms with E-state index in [2.05, 4.69) is 13.8 Å². The summed E-state index contributed by atoms with van der Waals surface area (Å²) in [5, 5.41) is 5.17. The molecule has 0 spiro atoms. The molecule has 1 saturated carbocycles. The Morgan fingerprint density at radius 3 is 2.43 bits per heavy atom. The van der Waals surface area contributed by atoms with Crippen molar-refractivity contribution < 1.29 is 13.2 Å². The van der Waals surface area contributed by atoms with Gasteiger partial charge >= 0.3 is 0 Å². The molecule has 2 rings (SSSR count). The monoisotopic (exact) mass is 310 g/mol. The number of nitrogens with two attached hydrogens (primary N) is 1. The third-order valence-corrected chi connectivity index (χ3v) is 4.33. The minimum atomic E-state index is -3.81. The Bertz CT molecular complexity index is 649. The zero-order valence-electron chi connectivity index (χ0n) is 12.7. The summed E-state index contributed by atoms with van der Waals surface area (Å²) in [6, 6.07) is 4.86. The van der Waals surface area contributed by atoms with Gasteiger partial charge in [-0.2, -0.15) is 0 Å². The van der Waals surface area contributed by atoms with Crippen molar-refractivity contribution in [2.24, 2.45) is 11.1 Å². The Hall–Kier alpha value is -1.40. The average molecular weight is 310 g/mol. The molecule has 0 aromatic heterocycles. The zero-order chi connectivity index (χ0) is 15.8. The van der Waals surface area contributed by atoms with Gasteiger partial charge < -0.3 is 4.90 Å². The Labute approximate surface area is 126 Å². The first kappa shape index (κ1) is 16.0. The number of hydrogen-bond donors (Lipinski definition) is 1. The molecule has 0 saturated heterocycles. The van der Waals surface area contributed by atoms with E-state index in [1.54, 1.807) is 13.0 Å². The number of hydrogen-bond acceptors (Lipinski definition) is 3. The Balaban J connectivity index is 2.35. The van der Waals surface area contributed by atoms with Crippen molar-refractivity contribution >= 4 is 15.9 Å². The van der Waals surface area contributed by atoms with Crippen LogP contribution in [0.5, 0.6) is 0 Å². The van der Waals surface area contributed by atoms with Gasteiger partial charge in [-0.05, 0) is 49.4 Å². The third-order valence-electron chi connectivity index (χ3n) is 3.44. The molecule has 0 aliphatic heterocycles. The summed E-state index contributed by atoms with van der Waals surface area (Å²) >= 11 is 0. The maximum Gasteiger partial charge on any atom is 0.254 e. The lowest BCUT2D eigenvalue weighted by Gasteiger charge is -2.25. The number of benzene rings is 1. The van der Waals surface area contributed by atoms with Crippen molar-refractivity contribution in [1.82, 2.24) is 4.90 Å². The van der Waals surface area contributed by atoms with Crippen LogP contribution in [0.2, 0.25) is 0 Å². The van der Waals surface area contributed by atoms with Gasteiger partial charge in [0.2, 0.25) is 10.0 Å². The van der Waals surface area contributed by atoms with Crippen molar-refractivity contribution in [2.75, 3.05) is 6.54 Å². The van der Waals surface area contributed by atoms with Crippen LogP contribution in [0, 0.1) is 12.8 Å². The first-order chi connectivity index (χ1) is 9.68. The Kier molecular flexibility index (Phi) is 4.39. The van der Waals surface area contributed by atoms with E-state index in [1.165, 1.54) is 12.1 Å². The van der Waals surface area contributed by atoms with Gasteiger partial charge in [0.15, 0.2) is 0 Å². The lowest BCUT2D eigenvalue weighted by Crippen LogP contribution is -2.36. The fourth-order valence-corrected chi connectivity index (χ4v) is 3.02. The molecule has 0 heterocycles. The number of carbonyl (C=O) groups is 1. The van der Waals surface area contributed by atoms with Crippen LogP contribution in [0.25, 0.3) is 0 Å². The van der Waals surface area contributed by atoms with Gasteiger partial charge in [-0.1, -0.05) is 13.8 Å². The zero-order valence-corrected chi connectivity index (χ0v) is 13.5. The molecular weight excluding hydrogens is 288 g/mol. The van der Waals surface area contributed by atoms with E-state index in [4.69, 9.17) is 5.14 Å². The van der Waals surface area contributed by atoms with Crippen LogP contribution in [0.4, 0.5) is 0 Å². The standard InChI is InChI=1S/C15H22N2O3S/c1-10(2)9-17(13-4-5-13)15(18)12-6-11(3)7-14(8-12)21(16,19)20/h6-8,10,13H,4-5,9H2,1-3H3,(H2,16,19,20). The van der Waals surface area contributed by atoms with Gasteiger partial charge in [0, 0.05) is 18.2 Å². The molecule has 0 atom stereocenters. The molecule has 1 aliphatic carbocycles. The quantitative estimate of drug-likeness (QED) is 0.902. The van der Waals surface area contributed by atoms with Crippen LogP contribution < -0.4 is 5.14 Å². The molecule has 1 fully saturated rings. The van der Waals surface area contributed by atoms with E-state index in [1.807, 2.05) is 4.90 Å². The highest BCUT2D eigenvalue weighted by molar-refractivity contribution is 7.89. The fourth-order valence-electron chi connectivity index (χ4n) is 2.38. The molecule has 116 valence electrons. The molecule has 0 unspecified atom stereocenters. The normalized spacial score (nSPS) is 15.3. The summed E-state index contributed by atoms with van der Waals surface area (Å²) in [4.78, 5) is 14.5. The molecule has 6 heteroatoms. The second kappa shape index (κ2) is 5.77. The highest BCUT2D eigenvalue weighted by atomic mass is 32.2. The summed E-state index contributed by atoms with van der Waals surface area (Å²) in [5.74, 6) is 0.261. The van der Waals surface area contributed by atoms with Gasteiger partial charge in [0.05, 0.1) is 4.90 Å². The molecule has 21 heavy (non-hydrogen) atoms. The van der Waals surface area contributed by atoms with Crippen molar-refractivity contribution in [3.8, 4) is 0 Å². The molecule has 2 N–H and O–H groups in total. The van der Waals surface area contributed by atoms with E-state index in [0.29, 0.717) is 29.6 Å². The minimum Gasteiger partial charge on any atom is -0.335 e. The lowest BCUT2D eigenvalue weighted by molar-refractivity contribution is 0.0722. The van der Waals surface area contributed by atoms with E-state index in [0.717, 1.165) is 12.8 Å². The first-order valence-corrected chi connectivity index (χ1v) is 8.68. The fraction of sp³-hybridized carbons (Fsp3) is 0.533. The van der Waals surface area contributed by atoms with Gasteiger partial charge in [-0.25, -0.2) is 13.6 Å². The predicted molar refractivity (Wildman–Crippen MR) is 81.4 cm³/mol. The van der Waals surface area contributed by atoms with E-state index in [9.17, 15) is 13.2 Å². The summed E-state index contributed by atoms with van der Waals surface area (Å²) in [5.41, 5.74) is 1.11. The third kappa shape index (κ3) is 4.04. The van der Waals surface area contributed by atoms with E-state index < -0.39 is 10.0 Å². The maximum absolute atomic E-state index is 12.7. The summed E-state index contributed by atoms with van der Waals surface area (Å²) < 4.78 is 23.0. The SMILES string of the molecule is Cc1cc(C(=O)N(CC(C)C)C2CC2)cc(S(N)(=O)=O)c1. The summed E-state index contributed by atoms with van der Waals surface area (Å²) in [6.07, 6.45) is 2.04. The summed E-state index contributed by atoms with van der Waals surface area (Å²) in [6.45, 7) is 6.57. The Morgan fingerprint density at radius 1 is 1.33 bits per heavy atom. The van der Waals surface area contributed by atoms with Crippen molar-refractivity contribution in [2.45, 2.75) is 44.6 Å². The first-order valence-electron chi connectivity index (χ1n) is 7.14. The molecule has 0 radical (unpaired) electrons. The molecule has 1 aromatic carbocycles. The lowest BCUT2D eigenvalue weighted by atomic mass is 10.1. The number of aryl methyl sites for hydroxylation is 1. The smallest absolute Gasteiger partial charge is 0.254 e. The van der Waals surface area contributed by atoms with Crippen molar-refractivity contribution in [3.05, 3.63) is 29.3 Å². The second-order valence-electron chi connectivity index (χ2n) is 6.16. The van der Waals surface area contributed by atoms with Gasteiger partial charge in [0.1, 0.15) is 0 Å². The van der Waals surface area contributed by atoms with Crippen molar-refractivity contribution in [3.63, 3.8) is 0 Å². The highest BCUT2D eigenvalue weighted by Gasteiger charge is 2.33. The maximum atomic E-state index is 12.7. The number of rotatable bonds is 5. The van der Waals surface area contributed by atoms with Crippen LogP contribution in [0.1, 0.15) is 42.6 Å². The average Bonchev–Trinajstić information content (AvgIpc) is 3.17. The molecular formula is C15H22N2O3S. The van der Waals surface area contributed by atoms with Crippen LogP contribution in [0.3, 0.4) is 0 Å². The van der Waals surface area contributed by atoms with Crippen LogP contribution in [-0.4, -0.2) is 31.8 Å². The molecule has 0 bridgehead atoms. The largest absolute Gasteiger partial charge is 0.335 e. The van der Waals surface area contributed by atoms with Crippen molar-refractivity contribution in [1.29, 1.82) is 0 Å². The predicted octanol–water partition coefficient (Wildman–Crippen LogP) is 1.90. The van der Waals surface area contributed by atoms with Crippen LogP contribution in [0.15, 0.2) is 23.1 Å². The topological polar surface area (TPSA) is 80.5 Å². The van der Waals surface area contributed by atoms with Crippen LogP contribution in [-0.2, 0) is 10.0 Å². The Morgan fingerprint density at radius 2 is 1.95 bits per heavy atom. The number of primary sulfonamides is 1. The van der Waals surface area contributed by atoms with Gasteiger partial charge in [-0.3, -0.25) is 4.79 Å². The molecule has 1 amide bonds. The number of carbonyl (C=O) groups excluding carboxylic acids is 1. The molecule has 5 nitrogen and oxygen atoms in total. The molecule has 1 aliphatic rings. The van der Waals surface area contributed by atoms with E-state index >= 15 is 0 Å². The highest BCUT2D eigenvalue weighted by Crippen LogP contribution is 2.29. The van der Waals surface area contributed by atoms with E-state index in [-0.39, 0.29) is 10.8 Å². The van der Waals surface area contributed by atoms with Gasteiger partial charge in [-0.15, -0.1) is 0 Å².